The third kappa shape index (κ3) is 3.72. The maximum Gasteiger partial charge on any atom is 0.261 e. The first-order valence-corrected chi connectivity index (χ1v) is 8.89. The Bertz CT molecular complexity index is 924. The van der Waals surface area contributed by atoms with Crippen LogP contribution in [0.3, 0.4) is 0 Å². The molecule has 2 aromatic carbocycles. The van der Waals surface area contributed by atoms with Crippen LogP contribution in [-0.4, -0.2) is 13.4 Å². The van der Waals surface area contributed by atoms with Crippen molar-refractivity contribution in [2.45, 2.75) is 11.8 Å². The molecule has 0 aliphatic rings. The molecule has 0 bridgehead atoms. The molecule has 24 heavy (non-hydrogen) atoms. The summed E-state index contributed by atoms with van der Waals surface area (Å²) in [6.07, 6.45) is 1.49. The summed E-state index contributed by atoms with van der Waals surface area (Å²) >= 11 is 0. The lowest BCUT2D eigenvalue weighted by molar-refractivity contribution is 0.601. The van der Waals surface area contributed by atoms with E-state index in [1.54, 1.807) is 42.5 Å². The highest BCUT2D eigenvalue weighted by molar-refractivity contribution is 7.92. The molecule has 122 valence electrons. The number of rotatable bonds is 5. The molecule has 0 amide bonds. The molecule has 0 fully saturated rings. The highest BCUT2D eigenvalue weighted by Crippen LogP contribution is 2.20. The Morgan fingerprint density at radius 2 is 1.58 bits per heavy atom. The molecule has 3 aromatic rings. The first-order chi connectivity index (χ1) is 11.5. The largest absolute Gasteiger partial charge is 0.340 e. The van der Waals surface area contributed by atoms with Gasteiger partial charge in [0.1, 0.15) is 5.82 Å². The molecule has 1 aromatic heterocycles. The van der Waals surface area contributed by atoms with E-state index in [0.29, 0.717) is 11.5 Å². The highest BCUT2D eigenvalue weighted by Gasteiger charge is 2.13. The van der Waals surface area contributed by atoms with Gasteiger partial charge in [-0.15, -0.1) is 0 Å². The molecular weight excluding hydrogens is 322 g/mol. The van der Waals surface area contributed by atoms with Crippen LogP contribution in [0.1, 0.15) is 5.56 Å². The zero-order valence-electron chi connectivity index (χ0n) is 13.1. The minimum absolute atomic E-state index is 0.215. The lowest BCUT2D eigenvalue weighted by Gasteiger charge is -2.10. The number of benzene rings is 2. The summed E-state index contributed by atoms with van der Waals surface area (Å²) < 4.78 is 27.1. The number of aryl methyl sites for hydroxylation is 1. The van der Waals surface area contributed by atoms with Crippen molar-refractivity contribution in [2.75, 3.05) is 10.0 Å². The molecule has 0 saturated carbocycles. The normalized spacial score (nSPS) is 11.0. The molecule has 0 aliphatic heterocycles. The summed E-state index contributed by atoms with van der Waals surface area (Å²) in [6, 6.07) is 19.5. The minimum atomic E-state index is -3.60. The fraction of sp³-hybridized carbons (Fsp3) is 0.0556. The van der Waals surface area contributed by atoms with Crippen LogP contribution >= 0.6 is 0 Å². The van der Waals surface area contributed by atoms with Gasteiger partial charge in [-0.05, 0) is 42.8 Å². The Balaban J connectivity index is 1.74. The molecule has 6 heteroatoms. The molecule has 3 rings (SSSR count). The van der Waals surface area contributed by atoms with Crippen LogP contribution in [0.25, 0.3) is 0 Å². The van der Waals surface area contributed by atoms with E-state index in [2.05, 4.69) is 15.0 Å². The Morgan fingerprint density at radius 1 is 0.875 bits per heavy atom. The van der Waals surface area contributed by atoms with Gasteiger partial charge in [0.15, 0.2) is 0 Å². The van der Waals surface area contributed by atoms with E-state index in [0.717, 1.165) is 11.3 Å². The highest BCUT2D eigenvalue weighted by atomic mass is 32.2. The summed E-state index contributed by atoms with van der Waals surface area (Å²) in [6.45, 7) is 2.00. The predicted molar refractivity (Wildman–Crippen MR) is 95.9 cm³/mol. The zero-order valence-corrected chi connectivity index (χ0v) is 13.9. The van der Waals surface area contributed by atoms with Gasteiger partial charge in [-0.2, -0.15) is 0 Å². The van der Waals surface area contributed by atoms with E-state index in [1.807, 2.05) is 31.2 Å². The van der Waals surface area contributed by atoms with Gasteiger partial charge in [-0.25, -0.2) is 13.4 Å². The third-order valence-electron chi connectivity index (χ3n) is 3.48. The van der Waals surface area contributed by atoms with Crippen molar-refractivity contribution >= 4 is 27.2 Å². The fourth-order valence-electron chi connectivity index (χ4n) is 2.19. The van der Waals surface area contributed by atoms with Crippen LogP contribution in [-0.2, 0) is 10.0 Å². The Kier molecular flexibility index (Phi) is 4.48. The van der Waals surface area contributed by atoms with Crippen molar-refractivity contribution in [1.82, 2.24) is 4.98 Å². The zero-order chi connectivity index (χ0) is 17.0. The monoisotopic (exact) mass is 339 g/mol. The lowest BCUT2D eigenvalue weighted by atomic mass is 10.2. The molecule has 0 saturated heterocycles. The van der Waals surface area contributed by atoms with Crippen LogP contribution in [0.15, 0.2) is 77.8 Å². The van der Waals surface area contributed by atoms with Gasteiger partial charge in [-0.3, -0.25) is 4.72 Å². The first-order valence-electron chi connectivity index (χ1n) is 7.41. The number of aromatic nitrogens is 1. The molecule has 0 radical (unpaired) electrons. The van der Waals surface area contributed by atoms with Crippen LogP contribution in [0, 0.1) is 6.92 Å². The lowest BCUT2D eigenvalue weighted by Crippen LogP contribution is -2.13. The van der Waals surface area contributed by atoms with E-state index < -0.39 is 10.0 Å². The molecular formula is C18H17N3O2S. The van der Waals surface area contributed by atoms with Crippen molar-refractivity contribution in [2.24, 2.45) is 0 Å². The van der Waals surface area contributed by atoms with Gasteiger partial charge in [0, 0.05) is 5.69 Å². The van der Waals surface area contributed by atoms with Crippen LogP contribution in [0.4, 0.5) is 17.2 Å². The second-order valence-corrected chi connectivity index (χ2v) is 6.97. The quantitative estimate of drug-likeness (QED) is 0.739. The predicted octanol–water partition coefficient (Wildman–Crippen LogP) is 3.93. The van der Waals surface area contributed by atoms with Gasteiger partial charge in [-0.1, -0.05) is 36.4 Å². The summed E-state index contributed by atoms with van der Waals surface area (Å²) in [4.78, 5) is 4.47. The van der Waals surface area contributed by atoms with Crippen LogP contribution in [0.5, 0.6) is 0 Å². The number of sulfonamides is 1. The molecule has 0 atom stereocenters. The van der Waals surface area contributed by atoms with E-state index in [4.69, 9.17) is 0 Å². The van der Waals surface area contributed by atoms with Gasteiger partial charge in [0.2, 0.25) is 0 Å². The fourth-order valence-corrected chi connectivity index (χ4v) is 3.26. The maximum atomic E-state index is 12.3. The SMILES string of the molecule is Cc1ccccc1Nc1ccc(NS(=O)(=O)c2ccccc2)cn1. The second-order valence-electron chi connectivity index (χ2n) is 5.29. The van der Waals surface area contributed by atoms with Crippen molar-refractivity contribution in [3.05, 3.63) is 78.5 Å². The van der Waals surface area contributed by atoms with Crippen molar-refractivity contribution < 1.29 is 8.42 Å². The Labute approximate surface area is 141 Å². The molecule has 0 spiro atoms. The summed E-state index contributed by atoms with van der Waals surface area (Å²) in [5.41, 5.74) is 2.48. The van der Waals surface area contributed by atoms with Crippen LogP contribution < -0.4 is 10.0 Å². The standard InChI is InChI=1S/C18H17N3O2S/c1-14-7-5-6-10-17(14)20-18-12-11-15(13-19-18)21-24(22,23)16-8-3-2-4-9-16/h2-13,21H,1H3,(H,19,20). The average molecular weight is 339 g/mol. The van der Waals surface area contributed by atoms with E-state index in [9.17, 15) is 8.42 Å². The van der Waals surface area contributed by atoms with Crippen molar-refractivity contribution in [1.29, 1.82) is 0 Å². The number of nitrogens with one attached hydrogen (secondary N) is 2. The minimum Gasteiger partial charge on any atom is -0.340 e. The summed E-state index contributed by atoms with van der Waals surface area (Å²) in [5, 5.41) is 3.21. The number of hydrogen-bond acceptors (Lipinski definition) is 4. The molecule has 0 unspecified atom stereocenters. The Hall–Kier alpha value is -2.86. The van der Waals surface area contributed by atoms with Gasteiger partial charge in [0.05, 0.1) is 16.8 Å². The van der Waals surface area contributed by atoms with E-state index in [-0.39, 0.29) is 4.90 Å². The van der Waals surface area contributed by atoms with Crippen LogP contribution in [0.2, 0.25) is 0 Å². The molecule has 0 aliphatic carbocycles. The number of nitrogens with zero attached hydrogens (tertiary/aromatic N) is 1. The van der Waals surface area contributed by atoms with E-state index >= 15 is 0 Å². The van der Waals surface area contributed by atoms with Gasteiger partial charge in [0.25, 0.3) is 10.0 Å². The summed E-state index contributed by atoms with van der Waals surface area (Å²) in [7, 11) is -3.60. The summed E-state index contributed by atoms with van der Waals surface area (Å²) in [5.74, 6) is 0.645. The average Bonchev–Trinajstić information content (AvgIpc) is 2.59. The molecule has 1 heterocycles. The third-order valence-corrected chi connectivity index (χ3v) is 4.87. The van der Waals surface area contributed by atoms with Gasteiger partial charge < -0.3 is 5.32 Å². The number of anilines is 3. The number of pyridine rings is 1. The van der Waals surface area contributed by atoms with Crippen molar-refractivity contribution in [3.63, 3.8) is 0 Å². The number of hydrogen-bond donors (Lipinski definition) is 2. The molecule has 5 nitrogen and oxygen atoms in total. The van der Waals surface area contributed by atoms with Crippen molar-refractivity contribution in [3.8, 4) is 0 Å². The molecule has 2 N–H and O–H groups in total. The second kappa shape index (κ2) is 6.72. The smallest absolute Gasteiger partial charge is 0.261 e. The maximum absolute atomic E-state index is 12.3. The van der Waals surface area contributed by atoms with Gasteiger partial charge >= 0.3 is 0 Å². The number of para-hydroxylation sites is 1. The topological polar surface area (TPSA) is 71.1 Å². The van der Waals surface area contributed by atoms with E-state index in [1.165, 1.54) is 6.20 Å². The Morgan fingerprint density at radius 3 is 2.25 bits per heavy atom. The first kappa shape index (κ1) is 16.0.